The van der Waals surface area contributed by atoms with Gasteiger partial charge in [-0.25, -0.2) is 0 Å². The van der Waals surface area contributed by atoms with Gasteiger partial charge < -0.3 is 19.7 Å². The van der Waals surface area contributed by atoms with Crippen LogP contribution in [-0.4, -0.2) is 35.3 Å². The second kappa shape index (κ2) is 1.95. The van der Waals surface area contributed by atoms with Gasteiger partial charge >= 0.3 is 0 Å². The van der Waals surface area contributed by atoms with Gasteiger partial charge in [-0.3, -0.25) is 0 Å². The molecule has 0 aliphatic carbocycles. The van der Waals surface area contributed by atoms with Crippen LogP contribution < -0.4 is 0 Å². The van der Waals surface area contributed by atoms with E-state index in [2.05, 4.69) is 0 Å². The fourth-order valence-electron chi connectivity index (χ4n) is 1.12. The average Bonchev–Trinajstić information content (AvgIpc) is 2.28. The highest BCUT2D eigenvalue weighted by molar-refractivity contribution is 5.09. The number of ether oxygens (including phenoxy) is 2. The van der Waals surface area contributed by atoms with Crippen LogP contribution in [0.25, 0.3) is 0 Å². The van der Waals surface area contributed by atoms with E-state index >= 15 is 0 Å². The minimum atomic E-state index is -0.821. The molecule has 0 aromatic heterocycles. The Bertz CT molecular complexity index is 177. The predicted octanol–water partition coefficient (Wildman–Crippen LogP) is -0.456. The van der Waals surface area contributed by atoms with Crippen LogP contribution in [0, 0.1) is 0 Å². The van der Waals surface area contributed by atoms with Crippen molar-refractivity contribution in [3.05, 3.63) is 11.8 Å². The minimum Gasteiger partial charge on any atom is -0.510 e. The fourth-order valence-corrected chi connectivity index (χ4v) is 1.12. The molecular formula is C6H8O4. The summed E-state index contributed by atoms with van der Waals surface area (Å²) in [6, 6.07) is 0. The summed E-state index contributed by atoms with van der Waals surface area (Å²) in [6.07, 6.45) is -0.390. The van der Waals surface area contributed by atoms with Gasteiger partial charge in [0.2, 0.25) is 0 Å². The van der Waals surface area contributed by atoms with Crippen LogP contribution in [0.1, 0.15) is 0 Å². The Kier molecular flexibility index (Phi) is 1.20. The van der Waals surface area contributed by atoms with Gasteiger partial charge in [-0.05, 0) is 6.08 Å². The summed E-state index contributed by atoms with van der Waals surface area (Å²) in [5.41, 5.74) is 0. The van der Waals surface area contributed by atoms with Gasteiger partial charge in [0.05, 0.1) is 6.61 Å². The monoisotopic (exact) mass is 144 g/mol. The molecule has 2 N–H and O–H groups in total. The standard InChI is InChI=1S/C6H8O4/c7-3-1-4(8)6-9-2-5(3)10-6/h1,4-8H,2H2/t4-,5-,6-/m1/s1. The maximum Gasteiger partial charge on any atom is 0.188 e. The van der Waals surface area contributed by atoms with Crippen LogP contribution in [0.4, 0.5) is 0 Å². The molecule has 2 heterocycles. The second-order valence-corrected chi connectivity index (χ2v) is 2.41. The van der Waals surface area contributed by atoms with Gasteiger partial charge in [0, 0.05) is 0 Å². The number of fused-ring (bicyclic) bond motifs is 2. The Balaban J connectivity index is 2.25. The number of rotatable bonds is 0. The maximum atomic E-state index is 9.08. The topological polar surface area (TPSA) is 58.9 Å². The Morgan fingerprint density at radius 3 is 3.20 bits per heavy atom. The van der Waals surface area contributed by atoms with E-state index in [9.17, 15) is 0 Å². The molecule has 10 heavy (non-hydrogen) atoms. The van der Waals surface area contributed by atoms with E-state index in [0.717, 1.165) is 0 Å². The molecule has 2 aliphatic heterocycles. The van der Waals surface area contributed by atoms with E-state index < -0.39 is 12.4 Å². The molecule has 1 saturated heterocycles. The van der Waals surface area contributed by atoms with E-state index in [1.807, 2.05) is 0 Å². The average molecular weight is 144 g/mol. The summed E-state index contributed by atoms with van der Waals surface area (Å²) >= 11 is 0. The van der Waals surface area contributed by atoms with E-state index in [4.69, 9.17) is 19.7 Å². The zero-order valence-electron chi connectivity index (χ0n) is 5.23. The molecule has 0 radical (unpaired) electrons. The van der Waals surface area contributed by atoms with Crippen molar-refractivity contribution in [3.63, 3.8) is 0 Å². The van der Waals surface area contributed by atoms with Crippen molar-refractivity contribution in [1.82, 2.24) is 0 Å². The molecule has 0 amide bonds. The first kappa shape index (κ1) is 6.15. The Labute approximate surface area is 57.7 Å². The number of aliphatic hydroxyl groups is 2. The molecule has 0 saturated carbocycles. The highest BCUT2D eigenvalue weighted by Crippen LogP contribution is 2.25. The second-order valence-electron chi connectivity index (χ2n) is 2.41. The Morgan fingerprint density at radius 1 is 1.60 bits per heavy atom. The first-order chi connectivity index (χ1) is 4.77. The molecule has 56 valence electrons. The van der Waals surface area contributed by atoms with Gasteiger partial charge in [0.25, 0.3) is 0 Å². The molecule has 0 spiro atoms. The van der Waals surface area contributed by atoms with Crippen LogP contribution in [0.2, 0.25) is 0 Å². The van der Waals surface area contributed by atoms with Crippen molar-refractivity contribution in [2.75, 3.05) is 6.61 Å². The number of aliphatic hydroxyl groups excluding tert-OH is 2. The summed E-state index contributed by atoms with van der Waals surface area (Å²) < 4.78 is 10.0. The van der Waals surface area contributed by atoms with E-state index in [0.29, 0.717) is 6.61 Å². The molecule has 1 fully saturated rings. The number of hydrogen-bond donors (Lipinski definition) is 2. The van der Waals surface area contributed by atoms with Crippen LogP contribution in [0.5, 0.6) is 0 Å². The highest BCUT2D eigenvalue weighted by atomic mass is 16.7. The van der Waals surface area contributed by atoms with E-state index in [1.54, 1.807) is 0 Å². The molecular weight excluding hydrogens is 136 g/mol. The summed E-state index contributed by atoms with van der Waals surface area (Å²) in [5.74, 6) is 0.0706. The number of hydrogen-bond acceptors (Lipinski definition) is 4. The van der Waals surface area contributed by atoms with Gasteiger partial charge in [0.15, 0.2) is 6.29 Å². The molecule has 3 atom stereocenters. The summed E-state index contributed by atoms with van der Waals surface area (Å²) in [6.45, 7) is 0.337. The lowest BCUT2D eigenvalue weighted by Crippen LogP contribution is -2.31. The van der Waals surface area contributed by atoms with Crippen molar-refractivity contribution in [1.29, 1.82) is 0 Å². The summed E-state index contributed by atoms with van der Waals surface area (Å²) in [7, 11) is 0. The van der Waals surface area contributed by atoms with E-state index in [1.165, 1.54) is 6.08 Å². The summed E-state index contributed by atoms with van der Waals surface area (Å²) in [5, 5.41) is 18.1. The first-order valence-corrected chi connectivity index (χ1v) is 3.13. The largest absolute Gasteiger partial charge is 0.510 e. The molecule has 2 rings (SSSR count). The molecule has 4 heteroatoms. The summed E-state index contributed by atoms with van der Waals surface area (Å²) in [4.78, 5) is 0. The zero-order chi connectivity index (χ0) is 7.14. The predicted molar refractivity (Wildman–Crippen MR) is 31.3 cm³/mol. The molecule has 2 aliphatic rings. The molecule has 0 unspecified atom stereocenters. The lowest BCUT2D eigenvalue weighted by molar-refractivity contribution is -0.122. The third-order valence-corrected chi connectivity index (χ3v) is 1.66. The van der Waals surface area contributed by atoms with Crippen molar-refractivity contribution in [2.45, 2.75) is 18.5 Å². The van der Waals surface area contributed by atoms with Crippen LogP contribution in [-0.2, 0) is 9.47 Å². The third-order valence-electron chi connectivity index (χ3n) is 1.66. The lowest BCUT2D eigenvalue weighted by Gasteiger charge is -2.19. The normalized spacial score (nSPS) is 45.3. The Morgan fingerprint density at radius 2 is 2.40 bits per heavy atom. The van der Waals surface area contributed by atoms with Crippen molar-refractivity contribution in [3.8, 4) is 0 Å². The highest BCUT2D eigenvalue weighted by Gasteiger charge is 2.37. The lowest BCUT2D eigenvalue weighted by atomic mass is 10.2. The molecule has 4 nitrogen and oxygen atoms in total. The van der Waals surface area contributed by atoms with Gasteiger partial charge in [0.1, 0.15) is 18.0 Å². The van der Waals surface area contributed by atoms with E-state index in [-0.39, 0.29) is 11.9 Å². The maximum absolute atomic E-state index is 9.08. The zero-order valence-corrected chi connectivity index (χ0v) is 5.23. The molecule has 2 bridgehead atoms. The smallest absolute Gasteiger partial charge is 0.188 e. The molecule has 0 aromatic carbocycles. The minimum absolute atomic E-state index is 0.0706. The Hall–Kier alpha value is -0.580. The quantitative estimate of drug-likeness (QED) is 0.483. The van der Waals surface area contributed by atoms with Gasteiger partial charge in [-0.15, -0.1) is 0 Å². The van der Waals surface area contributed by atoms with Crippen LogP contribution >= 0.6 is 0 Å². The SMILES string of the molecule is OC1=C[C@@H](O)[C@@H]2OC[C@H]1O2. The van der Waals surface area contributed by atoms with Crippen LogP contribution in [0.3, 0.4) is 0 Å². The van der Waals surface area contributed by atoms with Crippen molar-refractivity contribution in [2.24, 2.45) is 0 Å². The van der Waals surface area contributed by atoms with Crippen molar-refractivity contribution < 1.29 is 19.7 Å². The third kappa shape index (κ3) is 0.733. The fraction of sp³-hybridized carbons (Fsp3) is 0.667. The van der Waals surface area contributed by atoms with Gasteiger partial charge in [-0.1, -0.05) is 0 Å². The first-order valence-electron chi connectivity index (χ1n) is 3.13. The van der Waals surface area contributed by atoms with Crippen LogP contribution in [0.15, 0.2) is 11.8 Å². The van der Waals surface area contributed by atoms with Gasteiger partial charge in [-0.2, -0.15) is 0 Å². The van der Waals surface area contributed by atoms with Crippen molar-refractivity contribution >= 4 is 0 Å². The molecule has 0 aromatic rings.